The predicted molar refractivity (Wildman–Crippen MR) is 104 cm³/mol. The minimum atomic E-state index is -4.35. The molecule has 27 heavy (non-hydrogen) atoms. The van der Waals surface area contributed by atoms with E-state index in [1.807, 2.05) is 38.1 Å². The summed E-state index contributed by atoms with van der Waals surface area (Å²) in [5.74, 6) is -0.348. The third-order valence-electron chi connectivity index (χ3n) is 4.16. The summed E-state index contributed by atoms with van der Waals surface area (Å²) in [6, 6.07) is 12.5. The van der Waals surface area contributed by atoms with Crippen LogP contribution in [-0.2, 0) is 17.5 Å². The number of amides is 1. The second kappa shape index (κ2) is 10.3. The number of para-hydroxylation sites is 1. The standard InChI is InChI=1S/C20H23F3N2O.ClH/c1-3-24-13-16-6-4-5-7-18(16)25-19(26)12-14(2)15-8-10-17(11-9-15)20(21,22)23;/h4-11,14,24H,3,12-13H2,1-2H3,(H,25,26);1H. The molecule has 0 aliphatic rings. The van der Waals surface area contributed by atoms with Crippen LogP contribution in [0, 0.1) is 0 Å². The van der Waals surface area contributed by atoms with Gasteiger partial charge in [0.05, 0.1) is 5.56 Å². The molecular formula is C20H24ClF3N2O. The first-order chi connectivity index (χ1) is 12.3. The number of rotatable bonds is 7. The predicted octanol–water partition coefficient (Wildman–Crippen LogP) is 5.37. The maximum atomic E-state index is 12.6. The van der Waals surface area contributed by atoms with Gasteiger partial charge in [-0.3, -0.25) is 4.79 Å². The van der Waals surface area contributed by atoms with Crippen LogP contribution in [0.5, 0.6) is 0 Å². The molecule has 7 heteroatoms. The number of carbonyl (C=O) groups is 1. The van der Waals surface area contributed by atoms with Crippen LogP contribution in [0.2, 0.25) is 0 Å². The van der Waals surface area contributed by atoms with E-state index < -0.39 is 11.7 Å². The highest BCUT2D eigenvalue weighted by atomic mass is 35.5. The van der Waals surface area contributed by atoms with E-state index in [0.717, 1.165) is 29.9 Å². The Kier molecular flexibility index (Phi) is 8.79. The van der Waals surface area contributed by atoms with E-state index >= 15 is 0 Å². The summed E-state index contributed by atoms with van der Waals surface area (Å²) in [5, 5.41) is 6.12. The van der Waals surface area contributed by atoms with Crippen molar-refractivity contribution in [2.24, 2.45) is 0 Å². The number of alkyl halides is 3. The van der Waals surface area contributed by atoms with E-state index in [1.165, 1.54) is 12.1 Å². The number of anilines is 1. The van der Waals surface area contributed by atoms with Gasteiger partial charge in [0.1, 0.15) is 0 Å². The number of carbonyl (C=O) groups excluding carboxylic acids is 1. The summed E-state index contributed by atoms with van der Waals surface area (Å²) in [5.41, 5.74) is 1.76. The molecule has 0 aliphatic heterocycles. The SMILES string of the molecule is CCNCc1ccccc1NC(=O)CC(C)c1ccc(C(F)(F)F)cc1.Cl. The van der Waals surface area contributed by atoms with Crippen LogP contribution in [0.3, 0.4) is 0 Å². The fourth-order valence-corrected chi connectivity index (χ4v) is 2.65. The lowest BCUT2D eigenvalue weighted by molar-refractivity contribution is -0.137. The van der Waals surface area contributed by atoms with Crippen molar-refractivity contribution in [2.75, 3.05) is 11.9 Å². The average Bonchev–Trinajstić information content (AvgIpc) is 2.60. The molecule has 0 spiro atoms. The van der Waals surface area contributed by atoms with Crippen molar-refractivity contribution in [1.29, 1.82) is 0 Å². The van der Waals surface area contributed by atoms with Crippen LogP contribution < -0.4 is 10.6 Å². The van der Waals surface area contributed by atoms with E-state index in [1.54, 1.807) is 0 Å². The van der Waals surface area contributed by atoms with Crippen LogP contribution in [0.1, 0.15) is 42.9 Å². The molecule has 148 valence electrons. The monoisotopic (exact) mass is 400 g/mol. The van der Waals surface area contributed by atoms with Gasteiger partial charge in [-0.05, 0) is 41.8 Å². The Morgan fingerprint density at radius 2 is 1.70 bits per heavy atom. The fraction of sp³-hybridized carbons (Fsp3) is 0.350. The molecule has 0 aliphatic carbocycles. The molecule has 0 saturated carbocycles. The van der Waals surface area contributed by atoms with Gasteiger partial charge < -0.3 is 10.6 Å². The van der Waals surface area contributed by atoms with E-state index in [2.05, 4.69) is 10.6 Å². The van der Waals surface area contributed by atoms with Crippen molar-refractivity contribution in [3.8, 4) is 0 Å². The van der Waals surface area contributed by atoms with E-state index in [-0.39, 0.29) is 30.7 Å². The molecule has 2 N–H and O–H groups in total. The first kappa shape index (κ1) is 23.0. The Bertz CT molecular complexity index is 733. The van der Waals surface area contributed by atoms with Crippen molar-refractivity contribution < 1.29 is 18.0 Å². The van der Waals surface area contributed by atoms with Crippen LogP contribution in [0.25, 0.3) is 0 Å². The molecule has 0 radical (unpaired) electrons. The first-order valence-corrected chi connectivity index (χ1v) is 8.57. The van der Waals surface area contributed by atoms with Crippen molar-refractivity contribution in [3.05, 3.63) is 65.2 Å². The van der Waals surface area contributed by atoms with Gasteiger partial charge in [-0.25, -0.2) is 0 Å². The third-order valence-corrected chi connectivity index (χ3v) is 4.16. The summed E-state index contributed by atoms with van der Waals surface area (Å²) in [6.07, 6.45) is -4.16. The Labute approximate surface area is 163 Å². The lowest BCUT2D eigenvalue weighted by Crippen LogP contribution is -2.18. The molecule has 0 aromatic heterocycles. The van der Waals surface area contributed by atoms with Crippen LogP contribution in [0.4, 0.5) is 18.9 Å². The summed E-state index contributed by atoms with van der Waals surface area (Å²) in [4.78, 5) is 12.3. The molecule has 3 nitrogen and oxygen atoms in total. The minimum absolute atomic E-state index is 0. The van der Waals surface area contributed by atoms with Crippen molar-refractivity contribution in [3.63, 3.8) is 0 Å². The topological polar surface area (TPSA) is 41.1 Å². The normalized spacial score (nSPS) is 12.2. The van der Waals surface area contributed by atoms with Gasteiger partial charge in [0.2, 0.25) is 5.91 Å². The Morgan fingerprint density at radius 1 is 1.07 bits per heavy atom. The van der Waals surface area contributed by atoms with Crippen LogP contribution in [-0.4, -0.2) is 12.5 Å². The molecule has 1 amide bonds. The van der Waals surface area contributed by atoms with Gasteiger partial charge in [0.25, 0.3) is 0 Å². The highest BCUT2D eigenvalue weighted by Gasteiger charge is 2.30. The number of nitrogens with one attached hydrogen (secondary N) is 2. The van der Waals surface area contributed by atoms with Crippen LogP contribution in [0.15, 0.2) is 48.5 Å². The molecule has 0 heterocycles. The molecule has 0 saturated heterocycles. The number of benzene rings is 2. The Hall–Kier alpha value is -2.05. The van der Waals surface area contributed by atoms with Gasteiger partial charge in [-0.1, -0.05) is 44.2 Å². The zero-order valence-corrected chi connectivity index (χ0v) is 16.1. The average molecular weight is 401 g/mol. The van der Waals surface area contributed by atoms with E-state index in [4.69, 9.17) is 0 Å². The lowest BCUT2D eigenvalue weighted by atomic mass is 9.96. The molecule has 2 rings (SSSR count). The van der Waals surface area contributed by atoms with Crippen molar-refractivity contribution >= 4 is 24.0 Å². The van der Waals surface area contributed by atoms with Gasteiger partial charge >= 0.3 is 6.18 Å². The van der Waals surface area contributed by atoms with E-state index in [0.29, 0.717) is 12.1 Å². The Balaban J connectivity index is 0.00000364. The fourth-order valence-electron chi connectivity index (χ4n) is 2.65. The lowest BCUT2D eigenvalue weighted by Gasteiger charge is -2.15. The smallest absolute Gasteiger partial charge is 0.326 e. The molecule has 0 bridgehead atoms. The summed E-state index contributed by atoms with van der Waals surface area (Å²) in [6.45, 7) is 5.31. The maximum absolute atomic E-state index is 12.6. The quantitative estimate of drug-likeness (QED) is 0.656. The Morgan fingerprint density at radius 3 is 2.30 bits per heavy atom. The second-order valence-corrected chi connectivity index (χ2v) is 6.21. The largest absolute Gasteiger partial charge is 0.416 e. The number of halogens is 4. The maximum Gasteiger partial charge on any atom is 0.416 e. The second-order valence-electron chi connectivity index (χ2n) is 6.21. The van der Waals surface area contributed by atoms with Crippen molar-refractivity contribution in [2.45, 2.75) is 38.9 Å². The summed E-state index contributed by atoms with van der Waals surface area (Å²) >= 11 is 0. The molecule has 1 unspecified atom stereocenters. The summed E-state index contributed by atoms with van der Waals surface area (Å²) in [7, 11) is 0. The van der Waals surface area contributed by atoms with Gasteiger partial charge in [-0.2, -0.15) is 13.2 Å². The van der Waals surface area contributed by atoms with Crippen molar-refractivity contribution in [1.82, 2.24) is 5.32 Å². The highest BCUT2D eigenvalue weighted by Crippen LogP contribution is 2.30. The van der Waals surface area contributed by atoms with Gasteiger partial charge in [0, 0.05) is 18.7 Å². The molecule has 2 aromatic rings. The van der Waals surface area contributed by atoms with Crippen LogP contribution >= 0.6 is 12.4 Å². The summed E-state index contributed by atoms with van der Waals surface area (Å²) < 4.78 is 37.9. The number of hydrogen-bond donors (Lipinski definition) is 2. The first-order valence-electron chi connectivity index (χ1n) is 8.57. The number of hydrogen-bond acceptors (Lipinski definition) is 2. The highest BCUT2D eigenvalue weighted by molar-refractivity contribution is 5.92. The zero-order valence-electron chi connectivity index (χ0n) is 15.3. The minimum Gasteiger partial charge on any atom is -0.326 e. The molecule has 1 atom stereocenters. The molecular weight excluding hydrogens is 377 g/mol. The molecule has 0 fully saturated rings. The zero-order chi connectivity index (χ0) is 19.2. The van der Waals surface area contributed by atoms with Gasteiger partial charge in [0.15, 0.2) is 0 Å². The third kappa shape index (κ3) is 6.88. The van der Waals surface area contributed by atoms with Gasteiger partial charge in [-0.15, -0.1) is 12.4 Å². The molecule has 2 aromatic carbocycles. The van der Waals surface area contributed by atoms with E-state index in [9.17, 15) is 18.0 Å².